The Bertz CT molecular complexity index is 560. The van der Waals surface area contributed by atoms with Crippen molar-refractivity contribution in [3.8, 4) is 5.75 Å². The number of aryl methyl sites for hydroxylation is 1. The van der Waals surface area contributed by atoms with E-state index in [1.165, 1.54) is 11.3 Å². The number of hydrogen-bond acceptors (Lipinski definition) is 3. The van der Waals surface area contributed by atoms with Crippen LogP contribution in [-0.4, -0.2) is 12.9 Å². The first-order chi connectivity index (χ1) is 8.13. The number of rotatable bonds is 3. The summed E-state index contributed by atoms with van der Waals surface area (Å²) in [5.41, 5.74) is 1.67. The number of benzene rings is 1. The van der Waals surface area contributed by atoms with Crippen LogP contribution in [-0.2, 0) is 0 Å². The molecule has 0 N–H and O–H groups in total. The highest BCUT2D eigenvalue weighted by Crippen LogP contribution is 2.29. The quantitative estimate of drug-likeness (QED) is 0.799. The fourth-order valence-electron chi connectivity index (χ4n) is 1.56. The van der Waals surface area contributed by atoms with Crippen molar-refractivity contribution in [2.24, 2.45) is 0 Å². The van der Waals surface area contributed by atoms with Crippen LogP contribution in [0.3, 0.4) is 0 Å². The second kappa shape index (κ2) is 5.02. The van der Waals surface area contributed by atoms with E-state index in [1.54, 1.807) is 7.11 Å². The Labute approximate surface area is 112 Å². The Morgan fingerprint density at radius 3 is 2.71 bits per heavy atom. The number of methoxy groups -OCH3 is 1. The third-order valence-corrected chi connectivity index (χ3v) is 4.26. The molecule has 1 aromatic carbocycles. The van der Waals surface area contributed by atoms with Crippen LogP contribution in [0.2, 0.25) is 0 Å². The third kappa shape index (κ3) is 2.42. The van der Waals surface area contributed by atoms with Crippen molar-refractivity contribution in [3.63, 3.8) is 0 Å². The van der Waals surface area contributed by atoms with Crippen molar-refractivity contribution in [2.75, 3.05) is 7.11 Å². The molecule has 0 spiro atoms. The Morgan fingerprint density at radius 1 is 1.35 bits per heavy atom. The first kappa shape index (κ1) is 12.3. The van der Waals surface area contributed by atoms with Gasteiger partial charge in [0.2, 0.25) is 5.78 Å². The van der Waals surface area contributed by atoms with Gasteiger partial charge in [-0.2, -0.15) is 0 Å². The summed E-state index contributed by atoms with van der Waals surface area (Å²) in [5.74, 6) is 0.610. The topological polar surface area (TPSA) is 26.3 Å². The third-order valence-electron chi connectivity index (χ3n) is 2.43. The van der Waals surface area contributed by atoms with Crippen molar-refractivity contribution < 1.29 is 9.53 Å². The van der Waals surface area contributed by atoms with Crippen molar-refractivity contribution in [3.05, 3.63) is 50.1 Å². The minimum absolute atomic E-state index is 0.0104. The van der Waals surface area contributed by atoms with E-state index in [9.17, 15) is 4.79 Å². The molecule has 0 unspecified atom stereocenters. The predicted octanol–water partition coefficient (Wildman–Crippen LogP) is 4.06. The largest absolute Gasteiger partial charge is 0.496 e. The summed E-state index contributed by atoms with van der Waals surface area (Å²) in [4.78, 5) is 13.0. The van der Waals surface area contributed by atoms with Crippen molar-refractivity contribution >= 4 is 33.0 Å². The number of carbonyl (C=O) groups is 1. The lowest BCUT2D eigenvalue weighted by Gasteiger charge is -2.07. The minimum atomic E-state index is -0.0104. The highest BCUT2D eigenvalue weighted by Gasteiger charge is 2.17. The summed E-state index contributed by atoms with van der Waals surface area (Å²) in [6.07, 6.45) is 0. The van der Waals surface area contributed by atoms with Gasteiger partial charge < -0.3 is 4.74 Å². The van der Waals surface area contributed by atoms with E-state index in [0.717, 1.165) is 10.0 Å². The summed E-state index contributed by atoms with van der Waals surface area (Å²) in [7, 11) is 1.58. The van der Waals surface area contributed by atoms with E-state index < -0.39 is 0 Å². The highest BCUT2D eigenvalue weighted by atomic mass is 79.9. The van der Waals surface area contributed by atoms with Crippen LogP contribution in [0.1, 0.15) is 20.8 Å². The molecule has 0 saturated heterocycles. The predicted molar refractivity (Wildman–Crippen MR) is 73.2 cm³/mol. The van der Waals surface area contributed by atoms with Crippen molar-refractivity contribution in [2.45, 2.75) is 6.92 Å². The molecule has 17 heavy (non-hydrogen) atoms. The number of hydrogen-bond donors (Lipinski definition) is 0. The maximum atomic E-state index is 12.3. The molecule has 0 aliphatic heterocycles. The lowest BCUT2D eigenvalue weighted by molar-refractivity contribution is 0.103. The van der Waals surface area contributed by atoms with Crippen LogP contribution in [0, 0.1) is 6.92 Å². The Hall–Kier alpha value is -1.13. The minimum Gasteiger partial charge on any atom is -0.496 e. The molecule has 0 bridgehead atoms. The van der Waals surface area contributed by atoms with Crippen molar-refractivity contribution in [1.82, 2.24) is 0 Å². The highest BCUT2D eigenvalue weighted by molar-refractivity contribution is 9.10. The molecule has 1 heterocycles. The monoisotopic (exact) mass is 310 g/mol. The van der Waals surface area contributed by atoms with Gasteiger partial charge in [0.1, 0.15) is 5.75 Å². The van der Waals surface area contributed by atoms with E-state index >= 15 is 0 Å². The first-order valence-electron chi connectivity index (χ1n) is 5.06. The molecule has 0 amide bonds. The fraction of sp³-hybridized carbons (Fsp3) is 0.154. The van der Waals surface area contributed by atoms with E-state index in [0.29, 0.717) is 16.2 Å². The number of thiophene rings is 1. The Morgan fingerprint density at radius 2 is 2.12 bits per heavy atom. The molecule has 0 fully saturated rings. The molecule has 0 aliphatic carbocycles. The van der Waals surface area contributed by atoms with Gasteiger partial charge in [-0.1, -0.05) is 6.07 Å². The summed E-state index contributed by atoms with van der Waals surface area (Å²) in [6.45, 7) is 1.97. The molecule has 2 aromatic rings. The Balaban J connectivity index is 2.48. The lowest BCUT2D eigenvalue weighted by Crippen LogP contribution is -2.02. The fourth-order valence-corrected chi connectivity index (χ4v) is 3.07. The van der Waals surface area contributed by atoms with Gasteiger partial charge in [-0.3, -0.25) is 4.79 Å². The van der Waals surface area contributed by atoms with Crippen LogP contribution in [0.5, 0.6) is 5.75 Å². The summed E-state index contributed by atoms with van der Waals surface area (Å²) < 4.78 is 6.08. The van der Waals surface area contributed by atoms with Crippen LogP contribution < -0.4 is 4.74 Å². The Kier molecular flexibility index (Phi) is 3.64. The second-order valence-electron chi connectivity index (χ2n) is 3.63. The van der Waals surface area contributed by atoms with Gasteiger partial charge in [0.15, 0.2) is 0 Å². The molecule has 0 saturated carbocycles. The smallest absolute Gasteiger partial charge is 0.207 e. The van der Waals surface area contributed by atoms with Crippen molar-refractivity contribution in [1.29, 1.82) is 0 Å². The van der Waals surface area contributed by atoms with Gasteiger partial charge in [0, 0.05) is 4.47 Å². The van der Waals surface area contributed by atoms with E-state index in [1.807, 2.05) is 36.6 Å². The zero-order chi connectivity index (χ0) is 12.4. The summed E-state index contributed by atoms with van der Waals surface area (Å²) >= 11 is 4.80. The molecule has 2 nitrogen and oxygen atoms in total. The molecule has 0 atom stereocenters. The SMILES string of the molecule is COc1cc(C)ccc1C(=O)c1sccc1Br. The molecule has 4 heteroatoms. The molecular formula is C13H11BrO2S. The number of ketones is 1. The van der Waals surface area contributed by atoms with Gasteiger partial charge in [0.25, 0.3) is 0 Å². The van der Waals surface area contributed by atoms with Crippen LogP contribution in [0.4, 0.5) is 0 Å². The number of carbonyl (C=O) groups excluding carboxylic acids is 1. The summed E-state index contributed by atoms with van der Waals surface area (Å²) in [5, 5.41) is 1.89. The lowest BCUT2D eigenvalue weighted by atomic mass is 10.1. The van der Waals surface area contributed by atoms with Gasteiger partial charge in [-0.15, -0.1) is 11.3 Å². The van der Waals surface area contributed by atoms with E-state index in [4.69, 9.17) is 4.74 Å². The van der Waals surface area contributed by atoms with Crippen LogP contribution in [0.25, 0.3) is 0 Å². The normalized spacial score (nSPS) is 10.3. The average molecular weight is 311 g/mol. The molecule has 1 aromatic heterocycles. The van der Waals surface area contributed by atoms with Crippen LogP contribution >= 0.6 is 27.3 Å². The van der Waals surface area contributed by atoms with Gasteiger partial charge >= 0.3 is 0 Å². The standard InChI is InChI=1S/C13H11BrO2S/c1-8-3-4-9(11(7-8)16-2)12(15)13-10(14)5-6-17-13/h3-7H,1-2H3. The number of ether oxygens (including phenoxy) is 1. The molecular weight excluding hydrogens is 300 g/mol. The first-order valence-corrected chi connectivity index (χ1v) is 6.73. The molecule has 88 valence electrons. The summed E-state index contributed by atoms with van der Waals surface area (Å²) in [6, 6.07) is 7.47. The molecule has 2 rings (SSSR count). The number of halogens is 1. The van der Waals surface area contributed by atoms with Crippen LogP contribution in [0.15, 0.2) is 34.1 Å². The van der Waals surface area contributed by atoms with Gasteiger partial charge in [-0.05, 0) is 52.0 Å². The zero-order valence-electron chi connectivity index (χ0n) is 9.49. The molecule has 0 aliphatic rings. The average Bonchev–Trinajstić information content (AvgIpc) is 2.74. The van der Waals surface area contributed by atoms with Gasteiger partial charge in [0.05, 0.1) is 17.6 Å². The molecule has 0 radical (unpaired) electrons. The maximum Gasteiger partial charge on any atom is 0.207 e. The second-order valence-corrected chi connectivity index (χ2v) is 5.40. The zero-order valence-corrected chi connectivity index (χ0v) is 11.9. The van der Waals surface area contributed by atoms with E-state index in [2.05, 4.69) is 15.9 Å². The maximum absolute atomic E-state index is 12.3. The van der Waals surface area contributed by atoms with Gasteiger partial charge in [-0.25, -0.2) is 0 Å². The van der Waals surface area contributed by atoms with E-state index in [-0.39, 0.29) is 5.78 Å².